The highest BCUT2D eigenvalue weighted by Crippen LogP contribution is 2.26. The number of halogens is 1. The molecule has 1 aromatic carbocycles. The van der Waals surface area contributed by atoms with E-state index in [2.05, 4.69) is 9.71 Å². The zero-order valence-corrected chi connectivity index (χ0v) is 13.6. The van der Waals surface area contributed by atoms with Crippen LogP contribution in [0, 0.1) is 13.8 Å². The zero-order chi connectivity index (χ0) is 14.8. The Hall–Kier alpha value is -0.950. The van der Waals surface area contributed by atoms with Crippen LogP contribution < -0.4 is 4.72 Å². The van der Waals surface area contributed by atoms with Crippen molar-refractivity contribution in [3.63, 3.8) is 0 Å². The maximum atomic E-state index is 12.1. The van der Waals surface area contributed by atoms with E-state index in [1.54, 1.807) is 6.92 Å². The Morgan fingerprint density at radius 3 is 2.60 bits per heavy atom. The lowest BCUT2D eigenvalue weighted by molar-refractivity contribution is 0.583. The number of hydrogen-bond acceptors (Lipinski definition) is 4. The van der Waals surface area contributed by atoms with Crippen LogP contribution in [-0.2, 0) is 16.4 Å². The molecule has 1 aromatic heterocycles. The van der Waals surface area contributed by atoms with Crippen LogP contribution in [0.2, 0.25) is 4.47 Å². The summed E-state index contributed by atoms with van der Waals surface area (Å²) >= 11 is 6.71. The van der Waals surface area contributed by atoms with Crippen molar-refractivity contribution in [2.24, 2.45) is 0 Å². The molecule has 0 radical (unpaired) electrons. The molecule has 2 aromatic rings. The molecular weight excluding hydrogens is 316 g/mol. The van der Waals surface area contributed by atoms with E-state index in [0.717, 1.165) is 22.5 Å². The molecule has 4 nitrogen and oxygen atoms in total. The third-order valence-electron chi connectivity index (χ3n) is 2.92. The average molecular weight is 331 g/mol. The van der Waals surface area contributed by atoms with Gasteiger partial charge in [-0.3, -0.25) is 0 Å². The van der Waals surface area contributed by atoms with Crippen molar-refractivity contribution in [3.05, 3.63) is 45.6 Å². The van der Waals surface area contributed by atoms with Crippen molar-refractivity contribution < 1.29 is 8.42 Å². The molecule has 0 aliphatic heterocycles. The van der Waals surface area contributed by atoms with E-state index in [-0.39, 0.29) is 8.68 Å². The topological polar surface area (TPSA) is 59.1 Å². The predicted molar refractivity (Wildman–Crippen MR) is 81.9 cm³/mol. The first kappa shape index (κ1) is 15.4. The Bertz CT molecular complexity index is 711. The van der Waals surface area contributed by atoms with Crippen LogP contribution in [0.15, 0.2) is 28.5 Å². The molecular formula is C13H15ClN2O2S2. The number of nitrogens with one attached hydrogen (secondary N) is 1. The molecule has 1 N–H and O–H groups in total. The molecule has 0 amide bonds. The van der Waals surface area contributed by atoms with E-state index >= 15 is 0 Å². The van der Waals surface area contributed by atoms with Gasteiger partial charge in [0, 0.05) is 6.54 Å². The number of benzene rings is 1. The normalized spacial score (nSPS) is 11.8. The van der Waals surface area contributed by atoms with Crippen LogP contribution in [0.1, 0.15) is 16.8 Å². The van der Waals surface area contributed by atoms with Gasteiger partial charge in [0.2, 0.25) is 0 Å². The van der Waals surface area contributed by atoms with Gasteiger partial charge in [-0.15, -0.1) is 0 Å². The van der Waals surface area contributed by atoms with Gasteiger partial charge in [-0.1, -0.05) is 47.2 Å². The molecule has 2 rings (SSSR count). The molecule has 0 bridgehead atoms. The van der Waals surface area contributed by atoms with E-state index in [9.17, 15) is 8.42 Å². The molecule has 0 aliphatic carbocycles. The van der Waals surface area contributed by atoms with Gasteiger partial charge in [-0.2, -0.15) is 0 Å². The maximum absolute atomic E-state index is 12.1. The van der Waals surface area contributed by atoms with Gasteiger partial charge in [0.15, 0.2) is 8.68 Å². The van der Waals surface area contributed by atoms with Gasteiger partial charge in [-0.25, -0.2) is 18.1 Å². The lowest BCUT2D eigenvalue weighted by atomic mass is 10.1. The molecule has 0 aliphatic rings. The lowest BCUT2D eigenvalue weighted by Gasteiger charge is -2.07. The van der Waals surface area contributed by atoms with Crippen molar-refractivity contribution >= 4 is 33.0 Å². The molecule has 20 heavy (non-hydrogen) atoms. The van der Waals surface area contributed by atoms with Crippen molar-refractivity contribution in [2.45, 2.75) is 24.5 Å². The average Bonchev–Trinajstić information content (AvgIpc) is 2.72. The Balaban J connectivity index is 2.04. The summed E-state index contributed by atoms with van der Waals surface area (Å²) in [5.74, 6) is 0. The van der Waals surface area contributed by atoms with Crippen molar-refractivity contribution in [3.8, 4) is 0 Å². The standard InChI is InChI=1S/C13H15ClN2O2S2/c1-9-5-3-4-6-11(9)7-8-15-20(17,18)12-10(2)16-13(14)19-12/h3-6,15H,7-8H2,1-2H3. The van der Waals surface area contributed by atoms with Crippen LogP contribution in [0.5, 0.6) is 0 Å². The van der Waals surface area contributed by atoms with E-state index < -0.39 is 10.0 Å². The summed E-state index contributed by atoms with van der Waals surface area (Å²) in [4.78, 5) is 3.92. The molecule has 0 saturated carbocycles. The SMILES string of the molecule is Cc1ccccc1CCNS(=O)(=O)c1sc(Cl)nc1C. The van der Waals surface area contributed by atoms with Gasteiger partial charge in [0.25, 0.3) is 10.0 Å². The minimum Gasteiger partial charge on any atom is -0.229 e. The summed E-state index contributed by atoms with van der Waals surface area (Å²) < 4.78 is 27.3. The Kier molecular flexibility index (Phi) is 4.80. The molecule has 7 heteroatoms. The van der Waals surface area contributed by atoms with Gasteiger partial charge < -0.3 is 0 Å². The van der Waals surface area contributed by atoms with E-state index in [1.807, 2.05) is 31.2 Å². The third-order valence-corrected chi connectivity index (χ3v) is 6.25. The Morgan fingerprint density at radius 1 is 1.30 bits per heavy atom. The number of aromatic nitrogens is 1. The smallest absolute Gasteiger partial charge is 0.229 e. The first-order valence-electron chi connectivity index (χ1n) is 6.07. The number of thiazole rings is 1. The molecule has 0 saturated heterocycles. The molecule has 0 atom stereocenters. The van der Waals surface area contributed by atoms with Crippen molar-refractivity contribution in [1.82, 2.24) is 9.71 Å². The van der Waals surface area contributed by atoms with Crippen molar-refractivity contribution in [2.75, 3.05) is 6.54 Å². The monoisotopic (exact) mass is 330 g/mol. The van der Waals surface area contributed by atoms with Gasteiger partial charge in [-0.05, 0) is 31.4 Å². The number of rotatable bonds is 5. The molecule has 108 valence electrons. The van der Waals surface area contributed by atoms with Crippen LogP contribution >= 0.6 is 22.9 Å². The lowest BCUT2D eigenvalue weighted by Crippen LogP contribution is -2.26. The van der Waals surface area contributed by atoms with Gasteiger partial charge >= 0.3 is 0 Å². The fourth-order valence-corrected chi connectivity index (χ4v) is 4.69. The third kappa shape index (κ3) is 3.58. The minimum absolute atomic E-state index is 0.187. The fraction of sp³-hybridized carbons (Fsp3) is 0.308. The highest BCUT2D eigenvalue weighted by molar-refractivity contribution is 7.91. The van der Waals surface area contributed by atoms with Crippen LogP contribution in [0.25, 0.3) is 0 Å². The summed E-state index contributed by atoms with van der Waals surface area (Å²) in [5.41, 5.74) is 2.72. The summed E-state index contributed by atoms with van der Waals surface area (Å²) in [5, 5.41) is 0. The Labute approximate surface area is 127 Å². The fourth-order valence-electron chi connectivity index (χ4n) is 1.88. The van der Waals surface area contributed by atoms with E-state index in [1.165, 1.54) is 0 Å². The van der Waals surface area contributed by atoms with Gasteiger partial charge in [0.05, 0.1) is 5.69 Å². The molecule has 0 spiro atoms. The largest absolute Gasteiger partial charge is 0.251 e. The van der Waals surface area contributed by atoms with Crippen LogP contribution in [0.4, 0.5) is 0 Å². The second kappa shape index (κ2) is 6.22. The number of aryl methyl sites for hydroxylation is 2. The number of hydrogen-bond donors (Lipinski definition) is 1. The second-order valence-corrected chi connectivity index (χ2v) is 7.96. The quantitative estimate of drug-likeness (QED) is 0.917. The first-order valence-corrected chi connectivity index (χ1v) is 8.75. The summed E-state index contributed by atoms with van der Waals surface area (Å²) in [6.45, 7) is 4.00. The van der Waals surface area contributed by atoms with Crippen molar-refractivity contribution in [1.29, 1.82) is 0 Å². The zero-order valence-electron chi connectivity index (χ0n) is 11.2. The highest BCUT2D eigenvalue weighted by Gasteiger charge is 2.20. The summed E-state index contributed by atoms with van der Waals surface area (Å²) in [6, 6.07) is 7.92. The van der Waals surface area contributed by atoms with E-state index in [0.29, 0.717) is 18.7 Å². The second-order valence-electron chi connectivity index (χ2n) is 4.41. The maximum Gasteiger partial charge on any atom is 0.251 e. The van der Waals surface area contributed by atoms with Crippen LogP contribution in [-0.4, -0.2) is 19.9 Å². The summed E-state index contributed by atoms with van der Waals surface area (Å²) in [7, 11) is -3.53. The Morgan fingerprint density at radius 2 is 2.00 bits per heavy atom. The highest BCUT2D eigenvalue weighted by atomic mass is 35.5. The van der Waals surface area contributed by atoms with Gasteiger partial charge in [0.1, 0.15) is 0 Å². The molecule has 1 heterocycles. The summed E-state index contributed by atoms with van der Waals surface area (Å²) in [6.07, 6.45) is 0.650. The molecule has 0 unspecified atom stereocenters. The van der Waals surface area contributed by atoms with Crippen LogP contribution in [0.3, 0.4) is 0 Å². The number of nitrogens with zero attached hydrogens (tertiary/aromatic N) is 1. The molecule has 0 fully saturated rings. The first-order chi connectivity index (χ1) is 9.40. The number of sulfonamides is 1. The predicted octanol–water partition coefficient (Wildman–Crippen LogP) is 2.93. The van der Waals surface area contributed by atoms with E-state index in [4.69, 9.17) is 11.6 Å². The minimum atomic E-state index is -3.53.